The van der Waals surface area contributed by atoms with Gasteiger partial charge in [0.05, 0.1) is 0 Å². The van der Waals surface area contributed by atoms with Gasteiger partial charge in [-0.25, -0.2) is 0 Å². The first-order chi connectivity index (χ1) is 6.18. The molecule has 0 amide bonds. The molecule has 2 N–H and O–H groups in total. The molecule has 72 valence electrons. The van der Waals surface area contributed by atoms with Crippen LogP contribution in [0.5, 0.6) is 0 Å². The molecular weight excluding hydrogens is 162 g/mol. The normalized spacial score (nSPS) is 26.8. The molecule has 3 heteroatoms. The number of rotatable bonds is 3. The van der Waals surface area contributed by atoms with E-state index in [1.165, 1.54) is 5.69 Å². The maximum atomic E-state index is 5.82. The molecule has 13 heavy (non-hydrogen) atoms. The Bertz CT molecular complexity index is 290. The lowest BCUT2D eigenvalue weighted by Gasteiger charge is -2.08. The largest absolute Gasteiger partial charge is 0.327 e. The lowest BCUT2D eigenvalue weighted by Crippen LogP contribution is -2.11. The summed E-state index contributed by atoms with van der Waals surface area (Å²) in [6.07, 6.45) is 3.01. The zero-order valence-corrected chi connectivity index (χ0v) is 8.27. The summed E-state index contributed by atoms with van der Waals surface area (Å²) in [6, 6.07) is 2.47. The van der Waals surface area contributed by atoms with Crippen molar-refractivity contribution in [1.82, 2.24) is 9.78 Å². The van der Waals surface area contributed by atoms with Crippen LogP contribution in [0, 0.1) is 5.92 Å². The Morgan fingerprint density at radius 2 is 2.38 bits per heavy atom. The van der Waals surface area contributed by atoms with E-state index in [4.69, 9.17) is 5.73 Å². The molecule has 1 fully saturated rings. The second kappa shape index (κ2) is 3.14. The Morgan fingerprint density at radius 3 is 2.92 bits per heavy atom. The average Bonchev–Trinajstić information content (AvgIpc) is 2.60. The molecule has 0 unspecified atom stereocenters. The van der Waals surface area contributed by atoms with E-state index in [-0.39, 0.29) is 0 Å². The maximum absolute atomic E-state index is 5.82. The number of aromatic nitrogens is 2. The zero-order chi connectivity index (χ0) is 9.42. The molecule has 1 heterocycles. The highest BCUT2D eigenvalue weighted by molar-refractivity contribution is 5.19. The summed E-state index contributed by atoms with van der Waals surface area (Å²) in [5, 5.41) is 4.31. The molecule has 1 aromatic heterocycles. The quantitative estimate of drug-likeness (QED) is 0.761. The highest BCUT2D eigenvalue weighted by Crippen LogP contribution is 2.38. The van der Waals surface area contributed by atoms with Gasteiger partial charge < -0.3 is 5.73 Å². The standard InChI is InChI=1S/C10H17N3/c1-7(2)6-13-10(3-4-12-13)8-5-9(8)11/h3-4,7-9H,5-6,11H2,1-2H3/t8-,9+/m1/s1. The molecule has 0 aromatic carbocycles. The van der Waals surface area contributed by atoms with Crippen molar-refractivity contribution in [1.29, 1.82) is 0 Å². The third-order valence-corrected chi connectivity index (χ3v) is 2.51. The van der Waals surface area contributed by atoms with E-state index in [2.05, 4.69) is 29.7 Å². The van der Waals surface area contributed by atoms with E-state index in [9.17, 15) is 0 Å². The molecule has 1 aromatic rings. The molecule has 0 radical (unpaired) electrons. The van der Waals surface area contributed by atoms with Crippen molar-refractivity contribution in [2.24, 2.45) is 11.7 Å². The van der Waals surface area contributed by atoms with Crippen molar-refractivity contribution in [3.63, 3.8) is 0 Å². The second-order valence-corrected chi connectivity index (χ2v) is 4.34. The van der Waals surface area contributed by atoms with Crippen LogP contribution in [0.2, 0.25) is 0 Å². The summed E-state index contributed by atoms with van der Waals surface area (Å²) in [6.45, 7) is 5.42. The molecule has 0 spiro atoms. The van der Waals surface area contributed by atoms with Crippen LogP contribution in [0.15, 0.2) is 12.3 Å². The van der Waals surface area contributed by atoms with Gasteiger partial charge in [-0.15, -0.1) is 0 Å². The van der Waals surface area contributed by atoms with Gasteiger partial charge in [0.15, 0.2) is 0 Å². The fourth-order valence-corrected chi connectivity index (χ4v) is 1.71. The van der Waals surface area contributed by atoms with Crippen LogP contribution in [0.1, 0.15) is 31.9 Å². The van der Waals surface area contributed by atoms with Crippen LogP contribution in [-0.2, 0) is 6.54 Å². The van der Waals surface area contributed by atoms with Crippen LogP contribution in [0.4, 0.5) is 0 Å². The van der Waals surface area contributed by atoms with Gasteiger partial charge in [0.1, 0.15) is 0 Å². The minimum absolute atomic E-state index is 0.377. The molecular formula is C10H17N3. The molecule has 0 saturated heterocycles. The lowest BCUT2D eigenvalue weighted by molar-refractivity contribution is 0.468. The van der Waals surface area contributed by atoms with Crippen molar-refractivity contribution >= 4 is 0 Å². The second-order valence-electron chi connectivity index (χ2n) is 4.34. The molecule has 2 atom stereocenters. The first kappa shape index (κ1) is 8.75. The van der Waals surface area contributed by atoms with Gasteiger partial charge in [0, 0.05) is 30.4 Å². The Hall–Kier alpha value is -0.830. The Labute approximate surface area is 78.9 Å². The molecule has 1 aliphatic carbocycles. The SMILES string of the molecule is CC(C)Cn1nccc1[C@@H]1C[C@@H]1N. The predicted molar refractivity (Wildman–Crippen MR) is 52.4 cm³/mol. The highest BCUT2D eigenvalue weighted by Gasteiger charge is 2.37. The zero-order valence-electron chi connectivity index (χ0n) is 8.27. The topological polar surface area (TPSA) is 43.8 Å². The van der Waals surface area contributed by atoms with Gasteiger partial charge in [0.2, 0.25) is 0 Å². The van der Waals surface area contributed by atoms with Crippen LogP contribution in [-0.4, -0.2) is 15.8 Å². The van der Waals surface area contributed by atoms with Gasteiger partial charge in [-0.05, 0) is 18.4 Å². The molecule has 0 bridgehead atoms. The van der Waals surface area contributed by atoms with Crippen LogP contribution in [0.25, 0.3) is 0 Å². The molecule has 0 aliphatic heterocycles. The highest BCUT2D eigenvalue weighted by atomic mass is 15.3. The fourth-order valence-electron chi connectivity index (χ4n) is 1.71. The average molecular weight is 179 g/mol. The Morgan fingerprint density at radius 1 is 1.69 bits per heavy atom. The minimum atomic E-state index is 0.377. The van der Waals surface area contributed by atoms with Crippen LogP contribution >= 0.6 is 0 Å². The third-order valence-electron chi connectivity index (χ3n) is 2.51. The van der Waals surface area contributed by atoms with E-state index >= 15 is 0 Å². The summed E-state index contributed by atoms with van der Waals surface area (Å²) in [4.78, 5) is 0. The number of hydrogen-bond acceptors (Lipinski definition) is 2. The van der Waals surface area contributed by atoms with E-state index in [1.807, 2.05) is 6.20 Å². The Balaban J connectivity index is 2.12. The van der Waals surface area contributed by atoms with Gasteiger partial charge in [-0.1, -0.05) is 13.8 Å². The lowest BCUT2D eigenvalue weighted by atomic mass is 10.2. The monoisotopic (exact) mass is 179 g/mol. The van der Waals surface area contributed by atoms with E-state index in [0.29, 0.717) is 17.9 Å². The molecule has 1 saturated carbocycles. The minimum Gasteiger partial charge on any atom is -0.327 e. The fraction of sp³-hybridized carbons (Fsp3) is 0.700. The van der Waals surface area contributed by atoms with Crippen LogP contribution in [0.3, 0.4) is 0 Å². The summed E-state index contributed by atoms with van der Waals surface area (Å²) >= 11 is 0. The first-order valence-corrected chi connectivity index (χ1v) is 4.95. The van der Waals surface area contributed by atoms with E-state index < -0.39 is 0 Å². The van der Waals surface area contributed by atoms with Gasteiger partial charge >= 0.3 is 0 Å². The summed E-state index contributed by atoms with van der Waals surface area (Å²) in [5.41, 5.74) is 7.14. The van der Waals surface area contributed by atoms with Crippen molar-refractivity contribution in [2.75, 3.05) is 0 Å². The third kappa shape index (κ3) is 1.75. The molecule has 1 aliphatic rings. The maximum Gasteiger partial charge on any atom is 0.0492 e. The number of nitrogens with zero attached hydrogens (tertiary/aromatic N) is 2. The number of hydrogen-bond donors (Lipinski definition) is 1. The summed E-state index contributed by atoms with van der Waals surface area (Å²) < 4.78 is 2.10. The summed E-state index contributed by atoms with van der Waals surface area (Å²) in [5.74, 6) is 1.22. The van der Waals surface area contributed by atoms with Gasteiger partial charge in [-0.3, -0.25) is 4.68 Å². The van der Waals surface area contributed by atoms with Crippen molar-refractivity contribution in [2.45, 2.75) is 38.8 Å². The Kier molecular flexibility index (Phi) is 2.12. The van der Waals surface area contributed by atoms with E-state index in [0.717, 1.165) is 13.0 Å². The smallest absolute Gasteiger partial charge is 0.0492 e. The summed E-state index contributed by atoms with van der Waals surface area (Å²) in [7, 11) is 0. The van der Waals surface area contributed by atoms with Gasteiger partial charge in [-0.2, -0.15) is 5.10 Å². The number of nitrogens with two attached hydrogens (primary N) is 1. The predicted octanol–water partition coefficient (Wildman–Crippen LogP) is 1.35. The van der Waals surface area contributed by atoms with Crippen molar-refractivity contribution in [3.05, 3.63) is 18.0 Å². The van der Waals surface area contributed by atoms with Crippen LogP contribution < -0.4 is 5.73 Å². The molecule has 3 nitrogen and oxygen atoms in total. The van der Waals surface area contributed by atoms with Crippen molar-refractivity contribution < 1.29 is 0 Å². The van der Waals surface area contributed by atoms with Gasteiger partial charge in [0.25, 0.3) is 0 Å². The first-order valence-electron chi connectivity index (χ1n) is 4.95. The van der Waals surface area contributed by atoms with Crippen molar-refractivity contribution in [3.8, 4) is 0 Å². The van der Waals surface area contributed by atoms with E-state index in [1.54, 1.807) is 0 Å². The molecule has 2 rings (SSSR count).